The van der Waals surface area contributed by atoms with E-state index in [1.165, 1.54) is 7.11 Å². The number of ether oxygens (including phenoxy) is 1. The van der Waals surface area contributed by atoms with E-state index in [2.05, 4.69) is 10.0 Å². The number of rotatable bonds is 6. The van der Waals surface area contributed by atoms with Crippen molar-refractivity contribution < 1.29 is 14.9 Å². The standard InChI is InChI=1S/C11H16N4O3/c1-18-10-3-2-7(12)6-8(10)11(17)9(16)4-5-14-15-13/h2-3,6,9,11,16-17H,4-5,12H2,1H3. The van der Waals surface area contributed by atoms with Crippen LogP contribution in [0.2, 0.25) is 0 Å². The van der Waals surface area contributed by atoms with Crippen molar-refractivity contribution in [2.45, 2.75) is 18.6 Å². The van der Waals surface area contributed by atoms with E-state index in [0.717, 1.165) is 0 Å². The highest BCUT2D eigenvalue weighted by Crippen LogP contribution is 2.30. The minimum Gasteiger partial charge on any atom is -0.496 e. The maximum absolute atomic E-state index is 10.0. The third kappa shape index (κ3) is 3.53. The van der Waals surface area contributed by atoms with E-state index in [0.29, 0.717) is 17.0 Å². The van der Waals surface area contributed by atoms with Crippen LogP contribution in [0.25, 0.3) is 10.4 Å². The van der Waals surface area contributed by atoms with Gasteiger partial charge in [0.1, 0.15) is 11.9 Å². The Morgan fingerprint density at radius 2 is 2.22 bits per heavy atom. The van der Waals surface area contributed by atoms with Gasteiger partial charge in [0, 0.05) is 22.7 Å². The summed E-state index contributed by atoms with van der Waals surface area (Å²) in [5, 5.41) is 23.1. The molecule has 1 aromatic carbocycles. The third-order valence-electron chi connectivity index (χ3n) is 2.52. The highest BCUT2D eigenvalue weighted by molar-refractivity contribution is 5.49. The number of nitrogens with zero attached hydrogens (tertiary/aromatic N) is 3. The molecule has 7 nitrogen and oxygen atoms in total. The Morgan fingerprint density at radius 3 is 2.83 bits per heavy atom. The number of hydrogen-bond donors (Lipinski definition) is 3. The van der Waals surface area contributed by atoms with E-state index in [-0.39, 0.29) is 13.0 Å². The Kier molecular flexibility index (Phi) is 5.26. The maximum atomic E-state index is 10.0. The van der Waals surface area contributed by atoms with Crippen LogP contribution in [0.4, 0.5) is 5.69 Å². The molecule has 0 saturated heterocycles. The molecule has 0 bridgehead atoms. The van der Waals surface area contributed by atoms with Gasteiger partial charge in [-0.15, -0.1) is 0 Å². The highest BCUT2D eigenvalue weighted by atomic mass is 16.5. The number of aliphatic hydroxyl groups is 2. The van der Waals surface area contributed by atoms with Gasteiger partial charge in [0.25, 0.3) is 0 Å². The molecule has 0 aliphatic rings. The second-order valence-electron chi connectivity index (χ2n) is 3.76. The molecule has 2 atom stereocenters. The number of nitrogen functional groups attached to an aromatic ring is 1. The lowest BCUT2D eigenvalue weighted by Crippen LogP contribution is -2.20. The van der Waals surface area contributed by atoms with Crippen LogP contribution < -0.4 is 10.5 Å². The minimum atomic E-state index is -1.14. The molecule has 0 radical (unpaired) electrons. The van der Waals surface area contributed by atoms with E-state index in [1.807, 2.05) is 0 Å². The number of nitrogens with two attached hydrogens (primary N) is 1. The first-order chi connectivity index (χ1) is 8.60. The van der Waals surface area contributed by atoms with Gasteiger partial charge in [0.2, 0.25) is 0 Å². The van der Waals surface area contributed by atoms with Gasteiger partial charge in [-0.25, -0.2) is 0 Å². The van der Waals surface area contributed by atoms with Crippen LogP contribution in [0.5, 0.6) is 5.75 Å². The third-order valence-corrected chi connectivity index (χ3v) is 2.52. The molecule has 0 fully saturated rings. The van der Waals surface area contributed by atoms with Crippen LogP contribution in [0.1, 0.15) is 18.1 Å². The average molecular weight is 252 g/mol. The fourth-order valence-electron chi connectivity index (χ4n) is 1.58. The molecule has 0 heterocycles. The minimum absolute atomic E-state index is 0.110. The Balaban J connectivity index is 2.84. The molecule has 4 N–H and O–H groups in total. The lowest BCUT2D eigenvalue weighted by atomic mass is 10.0. The van der Waals surface area contributed by atoms with Crippen molar-refractivity contribution in [3.8, 4) is 5.75 Å². The summed E-state index contributed by atoms with van der Waals surface area (Å²) in [4.78, 5) is 2.58. The SMILES string of the molecule is COc1ccc(N)cc1C(O)C(O)CCN=[N+]=[N-]. The topological polar surface area (TPSA) is 124 Å². The molecule has 18 heavy (non-hydrogen) atoms. The summed E-state index contributed by atoms with van der Waals surface area (Å²) in [5.74, 6) is 0.444. The first-order valence-electron chi connectivity index (χ1n) is 5.40. The van der Waals surface area contributed by atoms with Gasteiger partial charge in [-0.05, 0) is 30.2 Å². The summed E-state index contributed by atoms with van der Waals surface area (Å²) in [6, 6.07) is 4.80. The predicted molar refractivity (Wildman–Crippen MR) is 67.0 cm³/mol. The first kappa shape index (κ1) is 14.1. The van der Waals surface area contributed by atoms with Gasteiger partial charge >= 0.3 is 0 Å². The zero-order chi connectivity index (χ0) is 13.5. The molecule has 0 saturated carbocycles. The molecule has 0 aliphatic carbocycles. The van der Waals surface area contributed by atoms with Gasteiger partial charge in [-0.3, -0.25) is 0 Å². The van der Waals surface area contributed by atoms with Gasteiger partial charge in [-0.2, -0.15) is 0 Å². The van der Waals surface area contributed by atoms with E-state index in [1.54, 1.807) is 18.2 Å². The van der Waals surface area contributed by atoms with Crippen molar-refractivity contribution in [1.82, 2.24) is 0 Å². The number of hydrogen-bond acceptors (Lipinski definition) is 5. The van der Waals surface area contributed by atoms with Crippen LogP contribution in [0.15, 0.2) is 23.3 Å². The summed E-state index contributed by atoms with van der Waals surface area (Å²) in [5.41, 5.74) is 14.6. The van der Waals surface area contributed by atoms with Crippen LogP contribution in [0, 0.1) is 0 Å². The molecule has 0 aromatic heterocycles. The van der Waals surface area contributed by atoms with Crippen LogP contribution >= 0.6 is 0 Å². The largest absolute Gasteiger partial charge is 0.496 e. The van der Waals surface area contributed by atoms with E-state index >= 15 is 0 Å². The second kappa shape index (κ2) is 6.70. The van der Waals surface area contributed by atoms with Gasteiger partial charge < -0.3 is 20.7 Å². The fourth-order valence-corrected chi connectivity index (χ4v) is 1.58. The monoisotopic (exact) mass is 252 g/mol. The molecule has 1 aromatic rings. The van der Waals surface area contributed by atoms with Crippen molar-refractivity contribution in [1.29, 1.82) is 0 Å². The summed E-state index contributed by atoms with van der Waals surface area (Å²) >= 11 is 0. The predicted octanol–water partition coefficient (Wildman–Crippen LogP) is 1.37. The maximum Gasteiger partial charge on any atom is 0.124 e. The van der Waals surface area contributed by atoms with Gasteiger partial charge in [-0.1, -0.05) is 5.11 Å². The Labute approximate surface area is 104 Å². The second-order valence-corrected chi connectivity index (χ2v) is 3.76. The molecule has 0 spiro atoms. The average Bonchev–Trinajstić information content (AvgIpc) is 2.38. The highest BCUT2D eigenvalue weighted by Gasteiger charge is 2.21. The summed E-state index contributed by atoms with van der Waals surface area (Å²) in [7, 11) is 1.47. The van der Waals surface area contributed by atoms with Crippen LogP contribution in [0.3, 0.4) is 0 Å². The molecule has 0 aliphatic heterocycles. The number of anilines is 1. The van der Waals surface area contributed by atoms with Crippen molar-refractivity contribution in [3.05, 3.63) is 34.2 Å². The van der Waals surface area contributed by atoms with Crippen molar-refractivity contribution in [2.75, 3.05) is 19.4 Å². The van der Waals surface area contributed by atoms with Crippen LogP contribution in [-0.2, 0) is 0 Å². The van der Waals surface area contributed by atoms with Gasteiger partial charge in [0.05, 0.1) is 13.2 Å². The molecule has 0 amide bonds. The van der Waals surface area contributed by atoms with Crippen molar-refractivity contribution in [2.24, 2.45) is 5.11 Å². The number of benzene rings is 1. The number of azide groups is 1. The summed E-state index contributed by atoms with van der Waals surface area (Å²) in [6.45, 7) is 0.110. The smallest absolute Gasteiger partial charge is 0.124 e. The molecular formula is C11H16N4O3. The normalized spacial score (nSPS) is 13.5. The Hall–Kier alpha value is -1.95. The summed E-state index contributed by atoms with van der Waals surface area (Å²) in [6.07, 6.45) is -2.04. The Bertz CT molecular complexity index is 446. The number of methoxy groups -OCH3 is 1. The molecule has 98 valence electrons. The first-order valence-corrected chi connectivity index (χ1v) is 5.40. The zero-order valence-electron chi connectivity index (χ0n) is 10.0. The van der Waals surface area contributed by atoms with Crippen molar-refractivity contribution in [3.63, 3.8) is 0 Å². The quantitative estimate of drug-likeness (QED) is 0.306. The van der Waals surface area contributed by atoms with E-state index in [4.69, 9.17) is 16.0 Å². The van der Waals surface area contributed by atoms with Gasteiger partial charge in [0.15, 0.2) is 0 Å². The number of aliphatic hydroxyl groups excluding tert-OH is 2. The molecule has 1 rings (SSSR count). The lowest BCUT2D eigenvalue weighted by Gasteiger charge is -2.20. The molecule has 7 heteroatoms. The van der Waals surface area contributed by atoms with Crippen LogP contribution in [-0.4, -0.2) is 30.0 Å². The Morgan fingerprint density at radius 1 is 1.50 bits per heavy atom. The van der Waals surface area contributed by atoms with Crippen molar-refractivity contribution >= 4 is 5.69 Å². The van der Waals surface area contributed by atoms with E-state index in [9.17, 15) is 10.2 Å². The summed E-state index contributed by atoms with van der Waals surface area (Å²) < 4.78 is 5.09. The molecular weight excluding hydrogens is 236 g/mol. The molecule has 2 unspecified atom stereocenters. The van der Waals surface area contributed by atoms with E-state index < -0.39 is 12.2 Å². The lowest BCUT2D eigenvalue weighted by molar-refractivity contribution is 0.0137. The fraction of sp³-hybridized carbons (Fsp3) is 0.455. The zero-order valence-corrected chi connectivity index (χ0v) is 10.0.